The maximum atomic E-state index is 12.2. The molecule has 0 aliphatic heterocycles. The fourth-order valence-corrected chi connectivity index (χ4v) is 2.92. The third-order valence-electron chi connectivity index (χ3n) is 3.34. The summed E-state index contributed by atoms with van der Waals surface area (Å²) in [5, 5.41) is 0. The quantitative estimate of drug-likeness (QED) is 0.591. The topological polar surface area (TPSA) is 20.3 Å². The lowest BCUT2D eigenvalue weighted by Crippen LogP contribution is -2.31. The predicted octanol–water partition coefficient (Wildman–Crippen LogP) is 5.45. The Labute approximate surface area is 139 Å². The first kappa shape index (κ1) is 17.7. The molecule has 1 rings (SSSR count). The van der Waals surface area contributed by atoms with Crippen LogP contribution in [0.3, 0.4) is 0 Å². The van der Waals surface area contributed by atoms with Gasteiger partial charge in [-0.05, 0) is 74.9 Å². The monoisotopic (exact) mass is 403 g/mol. The van der Waals surface area contributed by atoms with Crippen molar-refractivity contribution in [1.29, 1.82) is 0 Å². The van der Waals surface area contributed by atoms with Crippen molar-refractivity contribution >= 4 is 37.8 Å². The molecule has 0 saturated heterocycles. The summed E-state index contributed by atoms with van der Waals surface area (Å²) in [7, 11) is 0. The third-order valence-corrected chi connectivity index (χ3v) is 5.18. The lowest BCUT2D eigenvalue weighted by atomic mass is 10.1. The van der Waals surface area contributed by atoms with Gasteiger partial charge in [0.05, 0.1) is 0 Å². The maximum absolute atomic E-state index is 12.2. The molecule has 0 bridgehead atoms. The van der Waals surface area contributed by atoms with E-state index in [0.29, 0.717) is 13.0 Å². The minimum absolute atomic E-state index is 0.263. The molecule has 20 heavy (non-hydrogen) atoms. The van der Waals surface area contributed by atoms with Crippen molar-refractivity contribution in [1.82, 2.24) is 4.90 Å². The summed E-state index contributed by atoms with van der Waals surface area (Å²) in [4.78, 5) is 14.2. The number of nitrogens with zero attached hydrogens (tertiary/aromatic N) is 1. The molecule has 1 aromatic rings. The Hall–Kier alpha value is -0.350. The summed E-state index contributed by atoms with van der Waals surface area (Å²) < 4.78 is 2.09. The number of hydrogen-bond donors (Lipinski definition) is 0. The molecule has 0 radical (unpaired) electrons. The van der Waals surface area contributed by atoms with Gasteiger partial charge in [-0.15, -0.1) is 0 Å². The Balaban J connectivity index is 2.88. The van der Waals surface area contributed by atoms with Crippen molar-refractivity contribution in [2.24, 2.45) is 0 Å². The lowest BCUT2D eigenvalue weighted by molar-refractivity contribution is -0.131. The highest BCUT2D eigenvalue weighted by Gasteiger charge is 2.14. The zero-order chi connectivity index (χ0) is 15.1. The second-order valence-electron chi connectivity index (χ2n) is 5.11. The molecule has 0 N–H and O–H groups in total. The molecular weight excluding hydrogens is 382 g/mol. The summed E-state index contributed by atoms with van der Waals surface area (Å²) in [6.45, 7) is 7.86. The molecule has 0 aliphatic carbocycles. The van der Waals surface area contributed by atoms with Crippen LogP contribution in [0.4, 0.5) is 0 Å². The molecule has 1 amide bonds. The number of unbranched alkanes of at least 4 members (excludes halogenated alkanes) is 1. The molecule has 0 aliphatic rings. The van der Waals surface area contributed by atoms with E-state index in [9.17, 15) is 4.79 Å². The smallest absolute Gasteiger partial charge is 0.222 e. The van der Waals surface area contributed by atoms with E-state index < -0.39 is 0 Å². The van der Waals surface area contributed by atoms with Gasteiger partial charge in [0, 0.05) is 28.5 Å². The van der Waals surface area contributed by atoms with Crippen LogP contribution in [0.25, 0.3) is 0 Å². The van der Waals surface area contributed by atoms with E-state index in [0.717, 1.165) is 34.8 Å². The zero-order valence-corrected chi connectivity index (χ0v) is 15.7. The van der Waals surface area contributed by atoms with Gasteiger partial charge in [-0.25, -0.2) is 0 Å². The Morgan fingerprint density at radius 1 is 1.15 bits per heavy atom. The van der Waals surface area contributed by atoms with E-state index in [1.54, 1.807) is 0 Å². The molecule has 0 fully saturated rings. The van der Waals surface area contributed by atoms with Crippen LogP contribution in [0.5, 0.6) is 0 Å². The van der Waals surface area contributed by atoms with E-state index in [4.69, 9.17) is 0 Å². The van der Waals surface area contributed by atoms with Gasteiger partial charge in [-0.3, -0.25) is 4.79 Å². The van der Waals surface area contributed by atoms with E-state index >= 15 is 0 Å². The van der Waals surface area contributed by atoms with Crippen LogP contribution < -0.4 is 0 Å². The second-order valence-corrected chi connectivity index (χ2v) is 6.82. The lowest BCUT2D eigenvalue weighted by Gasteiger charge is -2.24. The highest BCUT2D eigenvalue weighted by atomic mass is 79.9. The van der Waals surface area contributed by atoms with Gasteiger partial charge in [0.15, 0.2) is 0 Å². The third kappa shape index (κ3) is 5.21. The zero-order valence-electron chi connectivity index (χ0n) is 12.5. The largest absolute Gasteiger partial charge is 0.338 e. The summed E-state index contributed by atoms with van der Waals surface area (Å²) >= 11 is 7.05. The number of amides is 1. The average Bonchev–Trinajstić information content (AvgIpc) is 2.40. The Bertz CT molecular complexity index is 460. The number of rotatable bonds is 7. The first-order valence-electron chi connectivity index (χ1n) is 7.21. The summed E-state index contributed by atoms with van der Waals surface area (Å²) in [5.41, 5.74) is 2.42. The number of halogens is 2. The molecule has 0 heterocycles. The van der Waals surface area contributed by atoms with Gasteiger partial charge in [0.1, 0.15) is 0 Å². The number of carbonyl (C=O) groups excluding carboxylic acids is 1. The molecular formula is C16H23Br2NO. The standard InChI is InChI=1S/C16H23Br2NO/c1-4-6-8-19(16(20)7-5-2)11-13-10-15(18)14(17)9-12(13)3/h9-10H,4-8,11H2,1-3H3. The van der Waals surface area contributed by atoms with Crippen LogP contribution in [-0.2, 0) is 11.3 Å². The first-order chi connectivity index (χ1) is 9.49. The maximum Gasteiger partial charge on any atom is 0.222 e. The Morgan fingerprint density at radius 3 is 2.40 bits per heavy atom. The van der Waals surface area contributed by atoms with Crippen molar-refractivity contribution in [3.8, 4) is 0 Å². The predicted molar refractivity (Wildman–Crippen MR) is 91.8 cm³/mol. The van der Waals surface area contributed by atoms with Gasteiger partial charge in [-0.1, -0.05) is 20.3 Å². The van der Waals surface area contributed by atoms with Gasteiger partial charge < -0.3 is 4.90 Å². The van der Waals surface area contributed by atoms with Crippen molar-refractivity contribution < 1.29 is 4.79 Å². The van der Waals surface area contributed by atoms with E-state index in [1.807, 2.05) is 4.90 Å². The van der Waals surface area contributed by atoms with Gasteiger partial charge in [-0.2, -0.15) is 0 Å². The minimum Gasteiger partial charge on any atom is -0.338 e. The molecule has 0 unspecified atom stereocenters. The van der Waals surface area contributed by atoms with Crippen molar-refractivity contribution in [2.75, 3.05) is 6.54 Å². The SMILES string of the molecule is CCCCN(Cc1cc(Br)c(Br)cc1C)C(=O)CCC. The van der Waals surface area contributed by atoms with Crippen LogP contribution in [0.1, 0.15) is 50.7 Å². The molecule has 0 spiro atoms. The minimum atomic E-state index is 0.263. The van der Waals surface area contributed by atoms with E-state index in [-0.39, 0.29) is 5.91 Å². The molecule has 4 heteroatoms. The number of hydrogen-bond acceptors (Lipinski definition) is 1. The summed E-state index contributed by atoms with van der Waals surface area (Å²) in [5.74, 6) is 0.263. The van der Waals surface area contributed by atoms with Gasteiger partial charge in [0.25, 0.3) is 0 Å². The Kier molecular flexibility index (Phi) is 7.82. The number of benzene rings is 1. The van der Waals surface area contributed by atoms with Crippen molar-refractivity contribution in [3.63, 3.8) is 0 Å². The fraction of sp³-hybridized carbons (Fsp3) is 0.562. The average molecular weight is 405 g/mol. The highest BCUT2D eigenvalue weighted by Crippen LogP contribution is 2.27. The number of aryl methyl sites for hydroxylation is 1. The van der Waals surface area contributed by atoms with Crippen LogP contribution in [-0.4, -0.2) is 17.4 Å². The normalized spacial score (nSPS) is 10.7. The van der Waals surface area contributed by atoms with Crippen LogP contribution in [0.2, 0.25) is 0 Å². The molecule has 0 atom stereocenters. The highest BCUT2D eigenvalue weighted by molar-refractivity contribution is 9.13. The molecule has 0 saturated carbocycles. The fourth-order valence-electron chi connectivity index (χ4n) is 2.08. The van der Waals surface area contributed by atoms with Crippen LogP contribution >= 0.6 is 31.9 Å². The van der Waals surface area contributed by atoms with Gasteiger partial charge >= 0.3 is 0 Å². The number of carbonyl (C=O) groups is 1. The molecule has 112 valence electrons. The molecule has 0 aromatic heterocycles. The Morgan fingerprint density at radius 2 is 1.80 bits per heavy atom. The van der Waals surface area contributed by atoms with Gasteiger partial charge in [0.2, 0.25) is 5.91 Å². The van der Waals surface area contributed by atoms with E-state index in [1.165, 1.54) is 11.1 Å². The van der Waals surface area contributed by atoms with Crippen LogP contribution in [0.15, 0.2) is 21.1 Å². The summed E-state index contributed by atoms with van der Waals surface area (Å²) in [6.07, 6.45) is 3.72. The first-order valence-corrected chi connectivity index (χ1v) is 8.80. The molecule has 1 aromatic carbocycles. The summed E-state index contributed by atoms with van der Waals surface area (Å²) in [6, 6.07) is 4.21. The van der Waals surface area contributed by atoms with Crippen LogP contribution in [0, 0.1) is 6.92 Å². The van der Waals surface area contributed by atoms with Crippen molar-refractivity contribution in [2.45, 2.75) is 53.0 Å². The second kappa shape index (κ2) is 8.83. The van der Waals surface area contributed by atoms with Crippen molar-refractivity contribution in [3.05, 3.63) is 32.2 Å². The molecule has 2 nitrogen and oxygen atoms in total. The van der Waals surface area contributed by atoms with E-state index in [2.05, 4.69) is 64.8 Å².